The van der Waals surface area contributed by atoms with Gasteiger partial charge in [-0.05, 0) is 48.0 Å². The van der Waals surface area contributed by atoms with Crippen LogP contribution in [0.4, 0.5) is 16.2 Å². The van der Waals surface area contributed by atoms with E-state index in [2.05, 4.69) is 20.6 Å². The van der Waals surface area contributed by atoms with E-state index in [0.717, 1.165) is 17.1 Å². The number of hydrogen-bond donors (Lipinski definition) is 2. The number of nitrogens with one attached hydrogen (secondary N) is 2. The average Bonchev–Trinajstić information content (AvgIpc) is 2.71. The van der Waals surface area contributed by atoms with Gasteiger partial charge in [-0.2, -0.15) is 4.98 Å². The van der Waals surface area contributed by atoms with E-state index >= 15 is 0 Å². The molecule has 0 spiro atoms. The van der Waals surface area contributed by atoms with Gasteiger partial charge >= 0.3 is 0 Å². The number of halogens is 1. The number of rotatable bonds is 9. The third-order valence-corrected chi connectivity index (χ3v) is 3.76. The van der Waals surface area contributed by atoms with Crippen molar-refractivity contribution >= 4 is 11.8 Å². The summed E-state index contributed by atoms with van der Waals surface area (Å²) in [6.45, 7) is 1.59. The molecular weight excluding hydrogens is 347 g/mol. The van der Waals surface area contributed by atoms with Gasteiger partial charge in [0.25, 0.3) is 0 Å². The fourth-order valence-electron chi connectivity index (χ4n) is 2.34. The minimum absolute atomic E-state index is 0.246. The number of nitrogens with zero attached hydrogens (tertiary/aromatic N) is 2. The van der Waals surface area contributed by atoms with Crippen molar-refractivity contribution in [3.05, 3.63) is 72.2 Å². The lowest BCUT2D eigenvalue weighted by molar-refractivity contribution is 0.331. The Morgan fingerprint density at radius 2 is 1.67 bits per heavy atom. The highest BCUT2D eigenvalue weighted by atomic mass is 19.1. The summed E-state index contributed by atoms with van der Waals surface area (Å²) in [4.78, 5) is 8.58. The van der Waals surface area contributed by atoms with Gasteiger partial charge in [0.05, 0.1) is 13.7 Å². The molecule has 140 valence electrons. The zero-order valence-corrected chi connectivity index (χ0v) is 15.0. The highest BCUT2D eigenvalue weighted by molar-refractivity contribution is 5.40. The smallest absolute Gasteiger partial charge is 0.224 e. The summed E-state index contributed by atoms with van der Waals surface area (Å²) in [5.74, 6) is 2.52. The second-order valence-electron chi connectivity index (χ2n) is 5.70. The molecule has 0 saturated carbocycles. The highest BCUT2D eigenvalue weighted by Gasteiger charge is 2.01. The van der Waals surface area contributed by atoms with Gasteiger partial charge in [0.1, 0.15) is 29.7 Å². The Hall–Kier alpha value is -3.35. The Balaban J connectivity index is 1.43. The van der Waals surface area contributed by atoms with Crippen LogP contribution in [0.25, 0.3) is 0 Å². The Labute approximate surface area is 157 Å². The number of anilines is 2. The number of methoxy groups -OCH3 is 1. The summed E-state index contributed by atoms with van der Waals surface area (Å²) in [6.07, 6.45) is 1.67. The first kappa shape index (κ1) is 18.4. The Bertz CT molecular complexity index is 841. The van der Waals surface area contributed by atoms with Crippen LogP contribution in [0.2, 0.25) is 0 Å². The Morgan fingerprint density at radius 1 is 0.926 bits per heavy atom. The molecule has 0 bridgehead atoms. The molecule has 6 nitrogen and oxygen atoms in total. The predicted molar refractivity (Wildman–Crippen MR) is 103 cm³/mol. The lowest BCUT2D eigenvalue weighted by atomic mass is 10.2. The second kappa shape index (κ2) is 9.38. The second-order valence-corrected chi connectivity index (χ2v) is 5.70. The zero-order valence-electron chi connectivity index (χ0n) is 15.0. The molecule has 1 heterocycles. The SMILES string of the molecule is COc1ccc(OCCNc2nccc(NCc3ccc(F)cc3)n2)cc1. The van der Waals surface area contributed by atoms with Crippen LogP contribution in [0.5, 0.6) is 11.5 Å². The van der Waals surface area contributed by atoms with Gasteiger partial charge in [-0.15, -0.1) is 0 Å². The molecule has 0 radical (unpaired) electrons. The molecular formula is C20H21FN4O2. The van der Waals surface area contributed by atoms with Gasteiger partial charge in [-0.25, -0.2) is 9.37 Å². The fraction of sp³-hybridized carbons (Fsp3) is 0.200. The molecule has 3 rings (SSSR count). The van der Waals surface area contributed by atoms with E-state index in [1.54, 1.807) is 31.5 Å². The molecule has 0 unspecified atom stereocenters. The predicted octanol–water partition coefficient (Wildman–Crippen LogP) is 3.73. The van der Waals surface area contributed by atoms with Gasteiger partial charge in [-0.1, -0.05) is 12.1 Å². The lowest BCUT2D eigenvalue weighted by Gasteiger charge is -2.10. The normalized spacial score (nSPS) is 10.3. The molecule has 0 aliphatic carbocycles. The van der Waals surface area contributed by atoms with E-state index in [1.165, 1.54) is 12.1 Å². The van der Waals surface area contributed by atoms with Crippen LogP contribution in [0.3, 0.4) is 0 Å². The van der Waals surface area contributed by atoms with Crippen molar-refractivity contribution in [1.29, 1.82) is 0 Å². The molecule has 0 saturated heterocycles. The standard InChI is InChI=1S/C20H21FN4O2/c1-26-17-6-8-18(9-7-17)27-13-12-23-20-22-11-10-19(25-20)24-14-15-2-4-16(21)5-3-15/h2-11H,12-14H2,1H3,(H2,22,23,24,25). The third-order valence-electron chi connectivity index (χ3n) is 3.76. The molecule has 0 aliphatic rings. The van der Waals surface area contributed by atoms with Crippen molar-refractivity contribution in [2.24, 2.45) is 0 Å². The first-order valence-electron chi connectivity index (χ1n) is 8.55. The zero-order chi connectivity index (χ0) is 18.9. The van der Waals surface area contributed by atoms with Crippen LogP contribution in [-0.2, 0) is 6.54 Å². The van der Waals surface area contributed by atoms with E-state index in [9.17, 15) is 4.39 Å². The molecule has 2 aromatic carbocycles. The Morgan fingerprint density at radius 3 is 2.41 bits per heavy atom. The fourth-order valence-corrected chi connectivity index (χ4v) is 2.34. The van der Waals surface area contributed by atoms with Crippen molar-refractivity contribution in [1.82, 2.24) is 9.97 Å². The maximum absolute atomic E-state index is 12.9. The summed E-state index contributed by atoms with van der Waals surface area (Å²) >= 11 is 0. The summed E-state index contributed by atoms with van der Waals surface area (Å²) < 4.78 is 23.7. The molecule has 2 N–H and O–H groups in total. The summed E-state index contributed by atoms with van der Waals surface area (Å²) in [5, 5.41) is 6.31. The van der Waals surface area contributed by atoms with Crippen molar-refractivity contribution < 1.29 is 13.9 Å². The number of aromatic nitrogens is 2. The molecule has 0 atom stereocenters. The molecule has 1 aromatic heterocycles. The van der Waals surface area contributed by atoms with E-state index < -0.39 is 0 Å². The lowest BCUT2D eigenvalue weighted by Crippen LogP contribution is -2.14. The van der Waals surface area contributed by atoms with Crippen LogP contribution in [0, 0.1) is 5.82 Å². The summed E-state index contributed by atoms with van der Waals surface area (Å²) in [7, 11) is 1.63. The highest BCUT2D eigenvalue weighted by Crippen LogP contribution is 2.16. The van der Waals surface area contributed by atoms with Crippen LogP contribution >= 0.6 is 0 Å². The van der Waals surface area contributed by atoms with Gasteiger partial charge in [0, 0.05) is 12.7 Å². The first-order valence-corrected chi connectivity index (χ1v) is 8.55. The largest absolute Gasteiger partial charge is 0.497 e. The van der Waals surface area contributed by atoms with Crippen molar-refractivity contribution in [2.45, 2.75) is 6.54 Å². The molecule has 0 fully saturated rings. The number of hydrogen-bond acceptors (Lipinski definition) is 6. The molecule has 0 aliphatic heterocycles. The van der Waals surface area contributed by atoms with Crippen LogP contribution in [-0.4, -0.2) is 30.2 Å². The van der Waals surface area contributed by atoms with Crippen LogP contribution < -0.4 is 20.1 Å². The quantitative estimate of drug-likeness (QED) is 0.561. The summed E-state index contributed by atoms with van der Waals surface area (Å²) in [5.41, 5.74) is 0.970. The van der Waals surface area contributed by atoms with Crippen molar-refractivity contribution in [3.63, 3.8) is 0 Å². The van der Waals surface area contributed by atoms with E-state index in [0.29, 0.717) is 31.5 Å². The Kier molecular flexibility index (Phi) is 6.40. The van der Waals surface area contributed by atoms with E-state index in [1.807, 2.05) is 24.3 Å². The molecule has 27 heavy (non-hydrogen) atoms. The maximum atomic E-state index is 12.9. The van der Waals surface area contributed by atoms with E-state index in [4.69, 9.17) is 9.47 Å². The molecule has 7 heteroatoms. The third kappa shape index (κ3) is 5.85. The van der Waals surface area contributed by atoms with Crippen molar-refractivity contribution in [3.8, 4) is 11.5 Å². The minimum Gasteiger partial charge on any atom is -0.497 e. The number of ether oxygens (including phenoxy) is 2. The van der Waals surface area contributed by atoms with Gasteiger partial charge in [0.2, 0.25) is 5.95 Å². The molecule has 0 amide bonds. The maximum Gasteiger partial charge on any atom is 0.224 e. The summed E-state index contributed by atoms with van der Waals surface area (Å²) in [6, 6.07) is 15.5. The van der Waals surface area contributed by atoms with Gasteiger partial charge in [-0.3, -0.25) is 0 Å². The van der Waals surface area contributed by atoms with Gasteiger partial charge < -0.3 is 20.1 Å². The van der Waals surface area contributed by atoms with Crippen molar-refractivity contribution in [2.75, 3.05) is 30.9 Å². The van der Waals surface area contributed by atoms with E-state index in [-0.39, 0.29) is 5.82 Å². The van der Waals surface area contributed by atoms with Gasteiger partial charge in [0.15, 0.2) is 0 Å². The monoisotopic (exact) mass is 368 g/mol. The first-order chi connectivity index (χ1) is 13.2. The van der Waals surface area contributed by atoms with Crippen LogP contribution in [0.1, 0.15) is 5.56 Å². The minimum atomic E-state index is -0.246. The van der Waals surface area contributed by atoms with Crippen LogP contribution in [0.15, 0.2) is 60.8 Å². The number of benzene rings is 2. The topological polar surface area (TPSA) is 68.3 Å². The average molecular weight is 368 g/mol. The molecule has 3 aromatic rings.